The van der Waals surface area contributed by atoms with E-state index in [4.69, 9.17) is 20.8 Å². The highest BCUT2D eigenvalue weighted by atomic mass is 35.5. The summed E-state index contributed by atoms with van der Waals surface area (Å²) in [6.07, 6.45) is 3.25. The number of carbonyl (C=O) groups excluding carboxylic acids is 1. The molecule has 8 heteroatoms. The predicted molar refractivity (Wildman–Crippen MR) is 139 cm³/mol. The van der Waals surface area contributed by atoms with E-state index in [0.29, 0.717) is 33.3 Å². The minimum atomic E-state index is -0.670. The summed E-state index contributed by atoms with van der Waals surface area (Å²) in [5.74, 6) is 0.409. The summed E-state index contributed by atoms with van der Waals surface area (Å²) < 4.78 is 11.9. The molecule has 0 saturated heterocycles. The molecule has 1 unspecified atom stereocenters. The van der Waals surface area contributed by atoms with Gasteiger partial charge in [-0.05, 0) is 56.2 Å². The number of benzene rings is 2. The van der Waals surface area contributed by atoms with Crippen LogP contribution in [0, 0.1) is 13.8 Å². The molecular weight excluding hydrogens is 484 g/mol. The number of nitrogens with zero attached hydrogens (tertiary/aromatic N) is 2. The zero-order chi connectivity index (χ0) is 24.7. The number of hydrogen-bond donors (Lipinski definition) is 0. The normalized spacial score (nSPS) is 15.1. The molecule has 0 aliphatic carbocycles. The van der Waals surface area contributed by atoms with Crippen molar-refractivity contribution in [2.45, 2.75) is 46.1 Å². The molecule has 180 valence electrons. The molecule has 0 spiro atoms. The molecule has 6 nitrogen and oxygen atoms in total. The molecule has 1 amide bonds. The summed E-state index contributed by atoms with van der Waals surface area (Å²) in [6.45, 7) is 6.67. The summed E-state index contributed by atoms with van der Waals surface area (Å²) in [5, 5.41) is 1.30. The van der Waals surface area contributed by atoms with Gasteiger partial charge in [0.05, 0.1) is 29.3 Å². The number of aryl methyl sites for hydroxylation is 2. The smallest absolute Gasteiger partial charge is 0.297 e. The second-order valence-electron chi connectivity index (χ2n) is 8.65. The van der Waals surface area contributed by atoms with Crippen molar-refractivity contribution < 1.29 is 13.9 Å². The van der Waals surface area contributed by atoms with Crippen LogP contribution in [0.3, 0.4) is 0 Å². The number of anilines is 1. The number of ether oxygens (including phenoxy) is 1. The first-order valence-corrected chi connectivity index (χ1v) is 12.8. The molecule has 2 aromatic heterocycles. The van der Waals surface area contributed by atoms with Crippen LogP contribution in [0.2, 0.25) is 5.02 Å². The summed E-state index contributed by atoms with van der Waals surface area (Å²) in [7, 11) is 0. The third kappa shape index (κ3) is 4.23. The van der Waals surface area contributed by atoms with E-state index in [0.717, 1.165) is 41.1 Å². The van der Waals surface area contributed by atoms with Gasteiger partial charge in [0.1, 0.15) is 11.3 Å². The van der Waals surface area contributed by atoms with Crippen molar-refractivity contribution in [1.29, 1.82) is 0 Å². The van der Waals surface area contributed by atoms with Crippen molar-refractivity contribution in [2.24, 2.45) is 0 Å². The van der Waals surface area contributed by atoms with E-state index in [1.54, 1.807) is 23.1 Å². The van der Waals surface area contributed by atoms with Gasteiger partial charge in [-0.25, -0.2) is 4.98 Å². The maximum atomic E-state index is 13.7. The minimum Gasteiger partial charge on any atom is -0.494 e. The van der Waals surface area contributed by atoms with Crippen molar-refractivity contribution in [1.82, 2.24) is 4.98 Å². The molecule has 35 heavy (non-hydrogen) atoms. The molecule has 1 aliphatic rings. The van der Waals surface area contributed by atoms with Gasteiger partial charge in [-0.1, -0.05) is 43.5 Å². The number of amides is 1. The first-order valence-electron chi connectivity index (χ1n) is 11.7. The van der Waals surface area contributed by atoms with E-state index in [-0.39, 0.29) is 17.1 Å². The molecule has 4 aromatic rings. The largest absolute Gasteiger partial charge is 0.494 e. The Hall–Kier alpha value is -3.16. The Morgan fingerprint density at radius 3 is 2.57 bits per heavy atom. The predicted octanol–water partition coefficient (Wildman–Crippen LogP) is 6.84. The van der Waals surface area contributed by atoms with E-state index >= 15 is 0 Å². The summed E-state index contributed by atoms with van der Waals surface area (Å²) in [4.78, 5) is 34.5. The number of unbranched alkanes of at least 4 members (excludes halogenated alkanes) is 2. The zero-order valence-electron chi connectivity index (χ0n) is 19.8. The van der Waals surface area contributed by atoms with Crippen molar-refractivity contribution in [3.8, 4) is 5.75 Å². The van der Waals surface area contributed by atoms with E-state index in [1.165, 1.54) is 11.3 Å². The molecule has 1 aliphatic heterocycles. The number of aromatic nitrogens is 1. The minimum absolute atomic E-state index is 0.0419. The molecule has 0 saturated carbocycles. The first-order chi connectivity index (χ1) is 16.9. The highest BCUT2D eigenvalue weighted by Crippen LogP contribution is 2.43. The lowest BCUT2D eigenvalue weighted by Crippen LogP contribution is -2.29. The molecule has 1 atom stereocenters. The summed E-state index contributed by atoms with van der Waals surface area (Å²) in [5.41, 5.74) is 1.98. The van der Waals surface area contributed by atoms with Crippen LogP contribution in [0.4, 0.5) is 5.13 Å². The van der Waals surface area contributed by atoms with Gasteiger partial charge in [0.15, 0.2) is 10.6 Å². The molecule has 3 heterocycles. The van der Waals surface area contributed by atoms with Crippen LogP contribution in [-0.4, -0.2) is 17.5 Å². The first kappa shape index (κ1) is 23.6. The van der Waals surface area contributed by atoms with Crippen LogP contribution in [-0.2, 0) is 0 Å². The maximum absolute atomic E-state index is 13.7. The molecule has 0 radical (unpaired) electrons. The second-order valence-corrected chi connectivity index (χ2v) is 10.3. The third-order valence-corrected chi connectivity index (χ3v) is 7.58. The third-order valence-electron chi connectivity index (χ3n) is 6.27. The molecule has 2 aromatic carbocycles. The van der Waals surface area contributed by atoms with Gasteiger partial charge in [-0.2, -0.15) is 0 Å². The highest BCUT2D eigenvalue weighted by Gasteiger charge is 2.45. The Balaban J connectivity index is 1.63. The van der Waals surface area contributed by atoms with Crippen LogP contribution in [0.5, 0.6) is 5.75 Å². The number of thiazole rings is 1. The van der Waals surface area contributed by atoms with Gasteiger partial charge in [0.2, 0.25) is 5.76 Å². The highest BCUT2D eigenvalue weighted by molar-refractivity contribution is 7.15. The Bertz CT molecular complexity index is 1460. The lowest BCUT2D eigenvalue weighted by molar-refractivity contribution is 0.0971. The van der Waals surface area contributed by atoms with E-state index in [1.807, 2.05) is 38.1 Å². The zero-order valence-corrected chi connectivity index (χ0v) is 21.3. The number of hydrogen-bond acceptors (Lipinski definition) is 6. The van der Waals surface area contributed by atoms with Crippen molar-refractivity contribution >= 4 is 44.9 Å². The fourth-order valence-corrected chi connectivity index (χ4v) is 5.41. The summed E-state index contributed by atoms with van der Waals surface area (Å²) in [6, 6.07) is 11.7. The van der Waals surface area contributed by atoms with Gasteiger partial charge in [0.25, 0.3) is 5.91 Å². The van der Waals surface area contributed by atoms with Crippen molar-refractivity contribution in [3.05, 3.63) is 85.2 Å². The Kier molecular flexibility index (Phi) is 6.38. The van der Waals surface area contributed by atoms with Crippen molar-refractivity contribution in [3.63, 3.8) is 0 Å². The molecule has 0 N–H and O–H groups in total. The van der Waals surface area contributed by atoms with Crippen LogP contribution < -0.4 is 15.1 Å². The number of fused-ring (bicyclic) bond motifs is 2. The van der Waals surface area contributed by atoms with Crippen LogP contribution in [0.25, 0.3) is 11.0 Å². The topological polar surface area (TPSA) is 72.6 Å². The van der Waals surface area contributed by atoms with Gasteiger partial charge < -0.3 is 9.15 Å². The second kappa shape index (κ2) is 9.47. The van der Waals surface area contributed by atoms with E-state index in [9.17, 15) is 9.59 Å². The molecule has 5 rings (SSSR count). The van der Waals surface area contributed by atoms with Crippen molar-refractivity contribution in [2.75, 3.05) is 11.5 Å². The Morgan fingerprint density at radius 1 is 1.11 bits per heavy atom. The van der Waals surface area contributed by atoms with Gasteiger partial charge in [-0.3, -0.25) is 14.5 Å². The molecular formula is C27H25ClN2O4S. The van der Waals surface area contributed by atoms with Crippen LogP contribution in [0.15, 0.2) is 51.7 Å². The number of carbonyl (C=O) groups is 1. The standard InChI is InChI=1S/C27H25ClN2O4S/c1-4-5-6-13-33-19-10-7-17(8-11-19)23-22-24(31)20-14-18(28)9-12-21(20)34-25(22)26(32)30(23)27-29-15(2)16(3)35-27/h7-12,14,23H,4-6,13H2,1-3H3. The lowest BCUT2D eigenvalue weighted by atomic mass is 9.98. The SMILES string of the molecule is CCCCCOc1ccc(C2c3c(oc4ccc(Cl)cc4c3=O)C(=O)N2c2nc(C)c(C)s2)cc1. The Labute approximate surface area is 212 Å². The maximum Gasteiger partial charge on any atom is 0.297 e. The fourth-order valence-electron chi connectivity index (χ4n) is 4.31. The fraction of sp³-hybridized carbons (Fsp3) is 0.296. The van der Waals surface area contributed by atoms with Crippen LogP contribution in [0.1, 0.15) is 64.5 Å². The van der Waals surface area contributed by atoms with Gasteiger partial charge in [0, 0.05) is 9.90 Å². The van der Waals surface area contributed by atoms with E-state index < -0.39 is 6.04 Å². The average Bonchev–Trinajstić information content (AvgIpc) is 3.33. The van der Waals surface area contributed by atoms with Gasteiger partial charge in [-0.15, -0.1) is 11.3 Å². The Morgan fingerprint density at radius 2 is 1.89 bits per heavy atom. The lowest BCUT2D eigenvalue weighted by Gasteiger charge is -2.22. The number of halogens is 1. The van der Waals surface area contributed by atoms with E-state index in [2.05, 4.69) is 11.9 Å². The molecule has 0 fully saturated rings. The average molecular weight is 509 g/mol. The van der Waals surface area contributed by atoms with Gasteiger partial charge >= 0.3 is 0 Å². The number of rotatable bonds is 7. The molecule has 0 bridgehead atoms. The quantitative estimate of drug-likeness (QED) is 0.255. The monoisotopic (exact) mass is 508 g/mol. The summed E-state index contributed by atoms with van der Waals surface area (Å²) >= 11 is 7.59. The van der Waals surface area contributed by atoms with Crippen LogP contribution >= 0.6 is 22.9 Å².